The molecule has 0 heterocycles. The Morgan fingerprint density at radius 3 is 2.23 bits per heavy atom. The van der Waals surface area contributed by atoms with Crippen molar-refractivity contribution < 1.29 is 8.78 Å². The van der Waals surface area contributed by atoms with Gasteiger partial charge in [0.1, 0.15) is 0 Å². The van der Waals surface area contributed by atoms with Gasteiger partial charge in [-0.15, -0.1) is 0 Å². The maximum absolute atomic E-state index is 12.2. The maximum Gasteiger partial charge on any atom is 0.242 e. The van der Waals surface area contributed by atoms with Gasteiger partial charge in [-0.05, 0) is 24.7 Å². The van der Waals surface area contributed by atoms with Crippen molar-refractivity contribution in [2.45, 2.75) is 45.2 Å². The number of nitrogens with one attached hydrogen (secondary N) is 1. The molecule has 0 aromatic carbocycles. The van der Waals surface area contributed by atoms with Gasteiger partial charge in [-0.25, -0.2) is 8.78 Å². The molecule has 0 saturated heterocycles. The van der Waals surface area contributed by atoms with Crippen LogP contribution in [0.2, 0.25) is 0 Å². The van der Waals surface area contributed by atoms with Gasteiger partial charge in [0.15, 0.2) is 0 Å². The van der Waals surface area contributed by atoms with Gasteiger partial charge in [0.05, 0.1) is 0 Å². The molecule has 2 aliphatic carbocycles. The number of hydrogen-bond donors (Lipinski definition) is 1. The SMILES string of the molecule is CC1CC(N[C@H]2C[C@@H]2C(F)F)C1C. The third-order valence-corrected chi connectivity index (χ3v) is 3.75. The van der Waals surface area contributed by atoms with E-state index < -0.39 is 6.43 Å². The minimum atomic E-state index is -2.12. The zero-order chi connectivity index (χ0) is 9.59. The number of rotatable bonds is 3. The fraction of sp³-hybridized carbons (Fsp3) is 1.00. The second-order valence-corrected chi connectivity index (χ2v) is 4.69. The van der Waals surface area contributed by atoms with E-state index >= 15 is 0 Å². The summed E-state index contributed by atoms with van der Waals surface area (Å²) in [5.41, 5.74) is 0. The highest BCUT2D eigenvalue weighted by Gasteiger charge is 2.47. The predicted octanol–water partition coefficient (Wildman–Crippen LogP) is 2.27. The highest BCUT2D eigenvalue weighted by atomic mass is 19.3. The molecule has 2 saturated carbocycles. The fourth-order valence-corrected chi connectivity index (χ4v) is 2.21. The van der Waals surface area contributed by atoms with Crippen molar-refractivity contribution in [2.75, 3.05) is 0 Å². The van der Waals surface area contributed by atoms with Crippen LogP contribution in [0, 0.1) is 17.8 Å². The lowest BCUT2D eigenvalue weighted by atomic mass is 9.71. The molecule has 0 aliphatic heterocycles. The average molecular weight is 189 g/mol. The highest BCUT2D eigenvalue weighted by molar-refractivity contribution is 5.00. The Morgan fingerprint density at radius 1 is 1.15 bits per heavy atom. The van der Waals surface area contributed by atoms with Crippen molar-refractivity contribution in [1.29, 1.82) is 0 Å². The van der Waals surface area contributed by atoms with E-state index in [0.717, 1.165) is 12.3 Å². The first-order valence-corrected chi connectivity index (χ1v) is 5.13. The second-order valence-electron chi connectivity index (χ2n) is 4.69. The molecule has 1 N–H and O–H groups in total. The summed E-state index contributed by atoms with van der Waals surface area (Å²) in [6, 6.07) is 0.615. The molecule has 3 unspecified atom stereocenters. The minimum Gasteiger partial charge on any atom is -0.310 e. The average Bonchev–Trinajstić information content (AvgIpc) is 2.83. The van der Waals surface area contributed by atoms with E-state index in [1.165, 1.54) is 0 Å². The van der Waals surface area contributed by atoms with Crippen molar-refractivity contribution >= 4 is 0 Å². The molecular weight excluding hydrogens is 172 g/mol. The van der Waals surface area contributed by atoms with Gasteiger partial charge in [0.25, 0.3) is 0 Å². The Balaban J connectivity index is 1.70. The topological polar surface area (TPSA) is 12.0 Å². The van der Waals surface area contributed by atoms with Crippen LogP contribution in [0.25, 0.3) is 0 Å². The smallest absolute Gasteiger partial charge is 0.242 e. The highest BCUT2D eigenvalue weighted by Crippen LogP contribution is 2.40. The standard InChI is InChI=1S/C10H17F2N/c1-5-3-8(6(5)2)13-9-4-7(9)10(11)12/h5-10,13H,3-4H2,1-2H3/t5?,6?,7-,8?,9-/m0/s1. The molecule has 0 radical (unpaired) electrons. The molecule has 0 amide bonds. The van der Waals surface area contributed by atoms with Crippen LogP contribution in [0.1, 0.15) is 26.7 Å². The predicted molar refractivity (Wildman–Crippen MR) is 47.8 cm³/mol. The molecule has 0 aromatic heterocycles. The Hall–Kier alpha value is -0.180. The van der Waals surface area contributed by atoms with Gasteiger partial charge in [0.2, 0.25) is 6.43 Å². The minimum absolute atomic E-state index is 0.111. The van der Waals surface area contributed by atoms with Crippen LogP contribution in [0.15, 0.2) is 0 Å². The molecule has 13 heavy (non-hydrogen) atoms. The Morgan fingerprint density at radius 2 is 1.85 bits per heavy atom. The van der Waals surface area contributed by atoms with Crippen LogP contribution in [0.4, 0.5) is 8.78 Å². The quantitative estimate of drug-likeness (QED) is 0.718. The normalized spacial score (nSPS) is 49.2. The maximum atomic E-state index is 12.2. The van der Waals surface area contributed by atoms with Gasteiger partial charge in [0, 0.05) is 18.0 Å². The van der Waals surface area contributed by atoms with Gasteiger partial charge < -0.3 is 5.32 Å². The van der Waals surface area contributed by atoms with Crippen molar-refractivity contribution in [3.8, 4) is 0 Å². The van der Waals surface area contributed by atoms with Crippen LogP contribution < -0.4 is 5.32 Å². The summed E-state index contributed by atoms with van der Waals surface area (Å²) in [6.45, 7) is 4.42. The van der Waals surface area contributed by atoms with Gasteiger partial charge in [-0.2, -0.15) is 0 Å². The van der Waals surface area contributed by atoms with Gasteiger partial charge in [-0.1, -0.05) is 13.8 Å². The fourth-order valence-electron chi connectivity index (χ4n) is 2.21. The molecule has 2 aliphatic rings. The summed E-state index contributed by atoms with van der Waals surface area (Å²) in [5, 5.41) is 3.32. The number of alkyl halides is 2. The van der Waals surface area contributed by atoms with Crippen molar-refractivity contribution in [3.63, 3.8) is 0 Å². The van der Waals surface area contributed by atoms with Crippen LogP contribution in [-0.4, -0.2) is 18.5 Å². The Labute approximate surface area is 77.9 Å². The Kier molecular flexibility index (Phi) is 2.30. The van der Waals surface area contributed by atoms with E-state index in [4.69, 9.17) is 0 Å². The summed E-state index contributed by atoms with van der Waals surface area (Å²) < 4.78 is 24.4. The van der Waals surface area contributed by atoms with Crippen molar-refractivity contribution in [3.05, 3.63) is 0 Å². The van der Waals surface area contributed by atoms with E-state index in [0.29, 0.717) is 18.4 Å². The lowest BCUT2D eigenvalue weighted by Gasteiger charge is -2.41. The largest absolute Gasteiger partial charge is 0.310 e. The van der Waals surface area contributed by atoms with Crippen LogP contribution >= 0.6 is 0 Å². The molecular formula is C10H17F2N. The molecule has 0 aromatic rings. The lowest BCUT2D eigenvalue weighted by molar-refractivity contribution is 0.103. The summed E-state index contributed by atoms with van der Waals surface area (Å²) in [5.74, 6) is 1.07. The number of halogens is 2. The zero-order valence-electron chi connectivity index (χ0n) is 8.13. The molecule has 76 valence electrons. The van der Waals surface area contributed by atoms with E-state index in [9.17, 15) is 8.78 Å². The zero-order valence-corrected chi connectivity index (χ0v) is 8.13. The molecule has 1 nitrogen and oxygen atoms in total. The van der Waals surface area contributed by atoms with Crippen LogP contribution in [-0.2, 0) is 0 Å². The van der Waals surface area contributed by atoms with E-state index in [-0.39, 0.29) is 12.0 Å². The van der Waals surface area contributed by atoms with Crippen molar-refractivity contribution in [1.82, 2.24) is 5.32 Å². The molecule has 2 rings (SSSR count). The Bertz CT molecular complexity index is 195. The first kappa shape index (κ1) is 9.38. The second kappa shape index (κ2) is 3.19. The molecule has 3 heteroatoms. The lowest BCUT2D eigenvalue weighted by Crippen LogP contribution is -2.49. The molecule has 2 fully saturated rings. The van der Waals surface area contributed by atoms with Gasteiger partial charge >= 0.3 is 0 Å². The van der Waals surface area contributed by atoms with E-state index in [2.05, 4.69) is 19.2 Å². The van der Waals surface area contributed by atoms with Crippen LogP contribution in [0.3, 0.4) is 0 Å². The summed E-state index contributed by atoms with van der Waals surface area (Å²) >= 11 is 0. The van der Waals surface area contributed by atoms with Crippen molar-refractivity contribution in [2.24, 2.45) is 17.8 Å². The summed E-state index contributed by atoms with van der Waals surface area (Å²) in [6.07, 6.45) is -0.284. The summed E-state index contributed by atoms with van der Waals surface area (Å²) in [7, 11) is 0. The van der Waals surface area contributed by atoms with Crippen LogP contribution in [0.5, 0.6) is 0 Å². The number of hydrogen-bond acceptors (Lipinski definition) is 1. The third-order valence-electron chi connectivity index (χ3n) is 3.75. The first-order valence-electron chi connectivity index (χ1n) is 5.13. The van der Waals surface area contributed by atoms with Gasteiger partial charge in [-0.3, -0.25) is 0 Å². The third kappa shape index (κ3) is 1.71. The molecule has 0 spiro atoms. The van der Waals surface area contributed by atoms with E-state index in [1.54, 1.807) is 0 Å². The monoisotopic (exact) mass is 189 g/mol. The molecule has 0 bridgehead atoms. The van der Waals surface area contributed by atoms with E-state index in [1.807, 2.05) is 0 Å². The molecule has 5 atom stereocenters. The summed E-state index contributed by atoms with van der Waals surface area (Å²) in [4.78, 5) is 0. The first-order chi connectivity index (χ1) is 6.09.